The maximum absolute atomic E-state index is 14.1. The molecule has 7 rings (SSSR count). The van der Waals surface area contributed by atoms with Crippen molar-refractivity contribution in [2.24, 2.45) is 5.92 Å². The minimum Gasteiger partial charge on any atom is -0.480 e. The highest BCUT2D eigenvalue weighted by Crippen LogP contribution is 2.36. The van der Waals surface area contributed by atoms with Gasteiger partial charge >= 0.3 is 0 Å². The number of hydrogen-bond donors (Lipinski definition) is 1. The summed E-state index contributed by atoms with van der Waals surface area (Å²) < 4.78 is 8.82. The van der Waals surface area contributed by atoms with Gasteiger partial charge in [0.05, 0.1) is 24.6 Å². The van der Waals surface area contributed by atoms with E-state index in [0.29, 0.717) is 62.4 Å². The Hall–Kier alpha value is -4.87. The van der Waals surface area contributed by atoms with E-state index in [1.807, 2.05) is 64.2 Å². The predicted octanol–water partition coefficient (Wildman–Crippen LogP) is 3.65. The zero-order chi connectivity index (χ0) is 32.4. The van der Waals surface area contributed by atoms with Crippen molar-refractivity contribution >= 4 is 16.9 Å². The number of fused-ring (bicyclic) bond motifs is 1. The summed E-state index contributed by atoms with van der Waals surface area (Å²) in [4.78, 5) is 45.1. The smallest absolute Gasteiger partial charge is 0.262 e. The third-order valence-corrected chi connectivity index (χ3v) is 9.72. The highest BCUT2D eigenvalue weighted by atomic mass is 16.5. The molecule has 0 unspecified atom stereocenters. The van der Waals surface area contributed by atoms with Gasteiger partial charge in [-0.2, -0.15) is 0 Å². The van der Waals surface area contributed by atoms with Gasteiger partial charge in [-0.3, -0.25) is 24.0 Å². The van der Waals surface area contributed by atoms with Crippen LogP contribution in [0.3, 0.4) is 0 Å². The van der Waals surface area contributed by atoms with Crippen LogP contribution in [0.15, 0.2) is 96.4 Å². The number of aliphatic hydroxyl groups is 1. The molecule has 2 atom stereocenters. The summed E-state index contributed by atoms with van der Waals surface area (Å²) in [6.45, 7) is 3.05. The van der Waals surface area contributed by atoms with Crippen molar-refractivity contribution in [3.63, 3.8) is 0 Å². The first kappa shape index (κ1) is 30.8. The summed E-state index contributed by atoms with van der Waals surface area (Å²) in [6, 6.07) is 21.8. The summed E-state index contributed by atoms with van der Waals surface area (Å²) >= 11 is 0. The van der Waals surface area contributed by atoms with E-state index in [1.165, 1.54) is 10.9 Å². The Morgan fingerprint density at radius 3 is 2.43 bits per heavy atom. The van der Waals surface area contributed by atoms with Gasteiger partial charge in [-0.05, 0) is 49.6 Å². The highest BCUT2D eigenvalue weighted by molar-refractivity contribution is 5.80. The van der Waals surface area contributed by atoms with Crippen molar-refractivity contribution in [2.75, 3.05) is 33.3 Å². The number of methoxy groups -OCH3 is 1. The molecule has 2 aromatic carbocycles. The Kier molecular flexibility index (Phi) is 8.57. The first-order valence-electron chi connectivity index (χ1n) is 16.2. The fourth-order valence-electron chi connectivity index (χ4n) is 7.16. The van der Waals surface area contributed by atoms with E-state index in [4.69, 9.17) is 4.74 Å². The molecule has 2 saturated heterocycles. The summed E-state index contributed by atoms with van der Waals surface area (Å²) in [5.41, 5.74) is 2.12. The van der Waals surface area contributed by atoms with Crippen molar-refractivity contribution in [3.05, 3.63) is 113 Å². The summed E-state index contributed by atoms with van der Waals surface area (Å²) in [5.74, 6) is 0.485. The fraction of sp³-hybridized carbons (Fsp3) is 0.361. The maximum atomic E-state index is 14.1. The Morgan fingerprint density at radius 2 is 1.68 bits per heavy atom. The molecule has 5 heterocycles. The minimum atomic E-state index is -1.12. The second-order valence-corrected chi connectivity index (χ2v) is 12.6. The average Bonchev–Trinajstić information content (AvgIpc) is 3.55. The maximum Gasteiger partial charge on any atom is 0.262 e. The van der Waals surface area contributed by atoms with E-state index in [9.17, 15) is 14.7 Å². The first-order chi connectivity index (χ1) is 22.9. The molecule has 0 spiro atoms. The van der Waals surface area contributed by atoms with Crippen LogP contribution in [-0.4, -0.2) is 83.8 Å². The summed E-state index contributed by atoms with van der Waals surface area (Å²) in [6.07, 6.45) is 8.15. The number of likely N-dealkylation sites (tertiary alicyclic amines) is 2. The number of aromatic nitrogens is 5. The van der Waals surface area contributed by atoms with Crippen LogP contribution in [0.2, 0.25) is 0 Å². The molecule has 1 N–H and O–H groups in total. The molecule has 242 valence electrons. The molecular formula is C36H39N7O4. The van der Waals surface area contributed by atoms with Gasteiger partial charge in [-0.1, -0.05) is 48.5 Å². The van der Waals surface area contributed by atoms with Crippen molar-refractivity contribution in [3.8, 4) is 11.6 Å². The van der Waals surface area contributed by atoms with Crippen molar-refractivity contribution in [1.29, 1.82) is 0 Å². The van der Waals surface area contributed by atoms with Crippen molar-refractivity contribution in [1.82, 2.24) is 33.9 Å². The number of hydrogen-bond acceptors (Lipinski definition) is 8. The molecule has 3 aromatic heterocycles. The molecule has 5 aromatic rings. The average molecular weight is 634 g/mol. The number of carbonyl (C=O) groups is 1. The Morgan fingerprint density at radius 1 is 0.957 bits per heavy atom. The van der Waals surface area contributed by atoms with E-state index in [-0.39, 0.29) is 29.8 Å². The van der Waals surface area contributed by atoms with Crippen molar-refractivity contribution < 1.29 is 14.6 Å². The topological polar surface area (TPSA) is 119 Å². The molecular weight excluding hydrogens is 594 g/mol. The van der Waals surface area contributed by atoms with Crippen LogP contribution in [-0.2, 0) is 17.9 Å². The van der Waals surface area contributed by atoms with Gasteiger partial charge in [0.15, 0.2) is 5.65 Å². The summed E-state index contributed by atoms with van der Waals surface area (Å²) in [5, 5.41) is 12.1. The molecule has 11 nitrogen and oxygen atoms in total. The molecule has 47 heavy (non-hydrogen) atoms. The number of rotatable bonds is 8. The standard InChI is InChI=1S/C36H39N7O4/c1-47-33-31(37-16-17-38-33)23-40-18-12-28(30(22-40)26-8-4-2-5-9-26)34(44)41-20-14-36(46,15-21-41)24-42-25-39-32-29(35(42)45)13-19-43(32)27-10-6-3-7-11-27/h2-11,13,16-17,19,25,28,30,46H,12,14-15,18,20-24H2,1H3/t28-,30+/m1/s1. The van der Waals surface area contributed by atoms with E-state index in [0.717, 1.165) is 23.5 Å². The van der Waals surface area contributed by atoms with E-state index in [1.54, 1.807) is 25.6 Å². The molecule has 1 amide bonds. The molecule has 2 aliphatic rings. The van der Waals surface area contributed by atoms with E-state index >= 15 is 0 Å². The van der Waals surface area contributed by atoms with Gasteiger partial charge in [-0.25, -0.2) is 9.97 Å². The third-order valence-electron chi connectivity index (χ3n) is 9.72. The van der Waals surface area contributed by atoms with Crippen LogP contribution >= 0.6 is 0 Å². The lowest BCUT2D eigenvalue weighted by Crippen LogP contribution is -2.53. The van der Waals surface area contributed by atoms with Gasteiger partial charge in [0, 0.05) is 62.3 Å². The monoisotopic (exact) mass is 633 g/mol. The van der Waals surface area contributed by atoms with Gasteiger partial charge in [0.25, 0.3) is 5.56 Å². The second-order valence-electron chi connectivity index (χ2n) is 12.6. The first-order valence-corrected chi connectivity index (χ1v) is 16.2. The fourth-order valence-corrected chi connectivity index (χ4v) is 7.16. The van der Waals surface area contributed by atoms with E-state index < -0.39 is 5.60 Å². The van der Waals surface area contributed by atoms with Gasteiger partial charge < -0.3 is 19.3 Å². The molecule has 0 radical (unpaired) electrons. The van der Waals surface area contributed by atoms with Crippen LogP contribution in [0.1, 0.15) is 36.4 Å². The van der Waals surface area contributed by atoms with E-state index in [2.05, 4.69) is 32.0 Å². The summed E-state index contributed by atoms with van der Waals surface area (Å²) in [7, 11) is 1.60. The Bertz CT molecular complexity index is 1900. The lowest BCUT2D eigenvalue weighted by atomic mass is 9.79. The van der Waals surface area contributed by atoms with Crippen LogP contribution in [0.5, 0.6) is 5.88 Å². The number of para-hydroxylation sites is 1. The number of carbonyl (C=O) groups excluding carboxylic acids is 1. The lowest BCUT2D eigenvalue weighted by Gasteiger charge is -2.43. The predicted molar refractivity (Wildman–Crippen MR) is 177 cm³/mol. The number of amides is 1. The molecule has 0 saturated carbocycles. The largest absolute Gasteiger partial charge is 0.480 e. The lowest BCUT2D eigenvalue weighted by molar-refractivity contribution is -0.142. The van der Waals surface area contributed by atoms with Crippen LogP contribution < -0.4 is 10.3 Å². The highest BCUT2D eigenvalue weighted by Gasteiger charge is 2.41. The quantitative estimate of drug-likeness (QED) is 0.275. The SMILES string of the molecule is COc1nccnc1CN1CC[C@@H](C(=O)N2CCC(O)(Cn3cnc4c(ccn4-c4ccccc4)c3=O)CC2)[C@H](c2ccccc2)C1. The van der Waals surface area contributed by atoms with Crippen LogP contribution in [0.25, 0.3) is 16.7 Å². The van der Waals surface area contributed by atoms with Crippen molar-refractivity contribution in [2.45, 2.75) is 43.9 Å². The third kappa shape index (κ3) is 6.28. The Labute approximate surface area is 273 Å². The molecule has 2 aliphatic heterocycles. The number of nitrogens with zero attached hydrogens (tertiary/aromatic N) is 7. The van der Waals surface area contributed by atoms with Crippen LogP contribution in [0, 0.1) is 5.92 Å². The Balaban J connectivity index is 1.03. The molecule has 2 fully saturated rings. The number of piperidine rings is 2. The molecule has 0 aliphatic carbocycles. The zero-order valence-electron chi connectivity index (χ0n) is 26.5. The van der Waals surface area contributed by atoms with Crippen LogP contribution in [0.4, 0.5) is 0 Å². The number of benzene rings is 2. The normalized spacial score (nSPS) is 19.9. The minimum absolute atomic E-state index is 0.0144. The zero-order valence-corrected chi connectivity index (χ0v) is 26.5. The van der Waals surface area contributed by atoms with Gasteiger partial charge in [0.2, 0.25) is 11.8 Å². The number of ether oxygens (including phenoxy) is 1. The molecule has 11 heteroatoms. The molecule has 0 bridgehead atoms. The van der Waals surface area contributed by atoms with Gasteiger partial charge in [0.1, 0.15) is 12.0 Å². The van der Waals surface area contributed by atoms with Gasteiger partial charge in [-0.15, -0.1) is 0 Å². The second kappa shape index (κ2) is 13.1.